The van der Waals surface area contributed by atoms with Crippen LogP contribution in [0, 0.1) is 6.92 Å². The van der Waals surface area contributed by atoms with Crippen molar-refractivity contribution in [3.8, 4) is 5.75 Å². The van der Waals surface area contributed by atoms with Gasteiger partial charge in [-0.3, -0.25) is 0 Å². The number of rotatable bonds is 3. The number of hydrogen-bond acceptors (Lipinski definition) is 6. The molecule has 1 fully saturated rings. The number of halogens is 1. The highest BCUT2D eigenvalue weighted by molar-refractivity contribution is 7.91. The van der Waals surface area contributed by atoms with E-state index < -0.39 is 15.5 Å². The molecule has 0 aliphatic carbocycles. The third-order valence-electron chi connectivity index (χ3n) is 4.06. The zero-order chi connectivity index (χ0) is 16.8. The molecule has 0 bridgehead atoms. The molecule has 0 spiro atoms. The van der Waals surface area contributed by atoms with Crippen LogP contribution in [-0.4, -0.2) is 31.1 Å². The predicted molar refractivity (Wildman–Crippen MR) is 87.8 cm³/mol. The Morgan fingerprint density at radius 2 is 2.17 bits per heavy atom. The van der Waals surface area contributed by atoms with Crippen LogP contribution in [0.2, 0.25) is 5.02 Å². The molecule has 3 rings (SSSR count). The van der Waals surface area contributed by atoms with Crippen LogP contribution in [0.5, 0.6) is 5.75 Å². The van der Waals surface area contributed by atoms with Gasteiger partial charge in [0, 0.05) is 24.0 Å². The molecular weight excluding hydrogens is 342 g/mol. The molecule has 2 aromatic rings. The van der Waals surface area contributed by atoms with Gasteiger partial charge in [0.25, 0.3) is 0 Å². The maximum Gasteiger partial charge on any atom is 0.336 e. The Balaban J connectivity index is 1.99. The first-order valence-corrected chi connectivity index (χ1v) is 9.35. The average Bonchev–Trinajstić information content (AvgIpc) is 2.80. The molecule has 8 heteroatoms. The summed E-state index contributed by atoms with van der Waals surface area (Å²) in [6.45, 7) is 1.92. The first-order valence-electron chi connectivity index (χ1n) is 7.15. The monoisotopic (exact) mass is 357 g/mol. The zero-order valence-corrected chi connectivity index (χ0v) is 14.0. The maximum absolute atomic E-state index is 11.6. The molecule has 6 nitrogen and oxygen atoms in total. The Morgan fingerprint density at radius 3 is 2.83 bits per heavy atom. The minimum absolute atomic E-state index is 0.0647. The second kappa shape index (κ2) is 5.81. The number of fused-ring (bicyclic) bond motifs is 1. The highest BCUT2D eigenvalue weighted by atomic mass is 35.5. The number of aryl methyl sites for hydroxylation is 1. The number of phenols is 1. The van der Waals surface area contributed by atoms with Gasteiger partial charge in [-0.2, -0.15) is 0 Å². The molecule has 2 N–H and O–H groups in total. The van der Waals surface area contributed by atoms with Gasteiger partial charge in [0.1, 0.15) is 11.3 Å². The van der Waals surface area contributed by atoms with Crippen molar-refractivity contribution in [2.24, 2.45) is 0 Å². The summed E-state index contributed by atoms with van der Waals surface area (Å²) in [5.41, 5.74) is 0.812. The van der Waals surface area contributed by atoms with Crippen LogP contribution in [-0.2, 0) is 16.4 Å². The van der Waals surface area contributed by atoms with Gasteiger partial charge in [0.2, 0.25) is 0 Å². The summed E-state index contributed by atoms with van der Waals surface area (Å²) in [5, 5.41) is 14.1. The number of phenolic OH excluding ortho intramolecular Hbond substituents is 1. The fraction of sp³-hybridized carbons (Fsp3) is 0.400. The van der Waals surface area contributed by atoms with E-state index in [0.29, 0.717) is 22.9 Å². The summed E-state index contributed by atoms with van der Waals surface area (Å²) in [6, 6.07) is 2.72. The van der Waals surface area contributed by atoms with Gasteiger partial charge in [-0.15, -0.1) is 0 Å². The lowest BCUT2D eigenvalue weighted by molar-refractivity contribution is 0.455. The normalized spacial score (nSPS) is 20.2. The van der Waals surface area contributed by atoms with Gasteiger partial charge < -0.3 is 14.8 Å². The van der Waals surface area contributed by atoms with Crippen LogP contribution >= 0.6 is 11.6 Å². The molecular formula is C15H16ClNO5S. The van der Waals surface area contributed by atoms with Crippen molar-refractivity contribution < 1.29 is 17.9 Å². The van der Waals surface area contributed by atoms with Crippen molar-refractivity contribution >= 4 is 32.4 Å². The second-order valence-electron chi connectivity index (χ2n) is 5.79. The lowest BCUT2D eigenvalue weighted by Gasteiger charge is -2.14. The Hall–Kier alpha value is -1.57. The van der Waals surface area contributed by atoms with E-state index >= 15 is 0 Å². The number of nitrogens with one attached hydrogen (secondary N) is 1. The summed E-state index contributed by atoms with van der Waals surface area (Å²) in [6.07, 6.45) is 0.518. The molecule has 2 heterocycles. The van der Waals surface area contributed by atoms with Crippen molar-refractivity contribution in [3.05, 3.63) is 38.7 Å². The van der Waals surface area contributed by atoms with E-state index in [2.05, 4.69) is 5.32 Å². The summed E-state index contributed by atoms with van der Waals surface area (Å²) in [7, 11) is -3.00. The second-order valence-corrected chi connectivity index (χ2v) is 8.43. The minimum Gasteiger partial charge on any atom is -0.506 e. The van der Waals surface area contributed by atoms with Gasteiger partial charge >= 0.3 is 5.63 Å². The van der Waals surface area contributed by atoms with Crippen LogP contribution in [0.3, 0.4) is 0 Å². The highest BCUT2D eigenvalue weighted by Crippen LogP contribution is 2.35. The van der Waals surface area contributed by atoms with Crippen molar-refractivity contribution in [1.82, 2.24) is 5.32 Å². The molecule has 124 valence electrons. The first kappa shape index (κ1) is 16.3. The third-order valence-corrected chi connectivity index (χ3v) is 6.12. The van der Waals surface area contributed by atoms with Crippen molar-refractivity contribution in [2.45, 2.75) is 25.9 Å². The van der Waals surface area contributed by atoms with Gasteiger partial charge in [-0.25, -0.2) is 13.2 Å². The topological polar surface area (TPSA) is 96.6 Å². The summed E-state index contributed by atoms with van der Waals surface area (Å²) in [4.78, 5) is 11.6. The Labute approximate surface area is 138 Å². The molecule has 1 atom stereocenters. The lowest BCUT2D eigenvalue weighted by Crippen LogP contribution is -2.29. The van der Waals surface area contributed by atoms with Gasteiger partial charge in [0.05, 0.1) is 22.1 Å². The fourth-order valence-electron chi connectivity index (χ4n) is 2.84. The fourth-order valence-corrected chi connectivity index (χ4v) is 4.77. The number of benzene rings is 1. The van der Waals surface area contributed by atoms with Crippen LogP contribution in [0.4, 0.5) is 0 Å². The van der Waals surface area contributed by atoms with E-state index in [9.17, 15) is 18.3 Å². The predicted octanol–water partition coefficient (Wildman–Crippen LogP) is 1.74. The lowest BCUT2D eigenvalue weighted by atomic mass is 10.1. The first-order chi connectivity index (χ1) is 10.8. The SMILES string of the molecule is Cc1cc(=O)oc2c(CN[C@@H]3CCS(=O)(=O)C3)c(O)c(Cl)cc12. The van der Waals surface area contributed by atoms with Gasteiger partial charge in [0.15, 0.2) is 9.84 Å². The van der Waals surface area contributed by atoms with Crippen LogP contribution in [0.25, 0.3) is 11.0 Å². The smallest absolute Gasteiger partial charge is 0.336 e. The van der Waals surface area contributed by atoms with E-state index in [4.69, 9.17) is 16.0 Å². The molecule has 0 saturated carbocycles. The average molecular weight is 358 g/mol. The Morgan fingerprint density at radius 1 is 1.43 bits per heavy atom. The van der Waals surface area contributed by atoms with Gasteiger partial charge in [-0.1, -0.05) is 11.6 Å². The Kier molecular flexibility index (Phi) is 4.12. The molecule has 1 aromatic carbocycles. The zero-order valence-electron chi connectivity index (χ0n) is 12.4. The molecule has 0 amide bonds. The van der Waals surface area contributed by atoms with E-state index in [1.807, 2.05) is 0 Å². The standard InChI is InChI=1S/C15H16ClNO5S/c1-8-4-13(18)22-15-10(8)5-12(16)14(19)11(15)6-17-9-2-3-23(20,21)7-9/h4-5,9,17,19H,2-3,6-7H2,1H3/t9-/m1/s1. The summed E-state index contributed by atoms with van der Waals surface area (Å²) < 4.78 is 28.2. The van der Waals surface area contributed by atoms with E-state index in [1.54, 1.807) is 13.0 Å². The largest absolute Gasteiger partial charge is 0.506 e. The Bertz CT molecular complexity index is 935. The summed E-state index contributed by atoms with van der Waals surface area (Å²) >= 11 is 6.05. The van der Waals surface area contributed by atoms with Crippen LogP contribution in [0.1, 0.15) is 17.5 Å². The van der Waals surface area contributed by atoms with Crippen molar-refractivity contribution in [2.75, 3.05) is 11.5 Å². The quantitative estimate of drug-likeness (QED) is 0.812. The molecule has 23 heavy (non-hydrogen) atoms. The van der Waals surface area contributed by atoms with Crippen LogP contribution in [0.15, 0.2) is 21.3 Å². The third kappa shape index (κ3) is 3.22. The van der Waals surface area contributed by atoms with E-state index in [1.165, 1.54) is 6.07 Å². The molecule has 0 unspecified atom stereocenters. The molecule has 1 aromatic heterocycles. The van der Waals surface area contributed by atoms with Crippen molar-refractivity contribution in [1.29, 1.82) is 0 Å². The summed E-state index contributed by atoms with van der Waals surface area (Å²) in [5.74, 6) is 0.0531. The highest BCUT2D eigenvalue weighted by Gasteiger charge is 2.28. The van der Waals surface area contributed by atoms with Gasteiger partial charge in [-0.05, 0) is 25.0 Å². The minimum atomic E-state index is -3.00. The molecule has 1 saturated heterocycles. The van der Waals surface area contributed by atoms with Crippen molar-refractivity contribution in [3.63, 3.8) is 0 Å². The molecule has 1 aliphatic rings. The number of sulfone groups is 1. The molecule has 0 radical (unpaired) electrons. The van der Waals surface area contributed by atoms with E-state index in [-0.39, 0.29) is 40.4 Å². The number of aromatic hydroxyl groups is 1. The molecule has 1 aliphatic heterocycles. The van der Waals surface area contributed by atoms with E-state index in [0.717, 1.165) is 0 Å². The maximum atomic E-state index is 11.6. The number of hydrogen-bond donors (Lipinski definition) is 2. The van der Waals surface area contributed by atoms with Crippen LogP contribution < -0.4 is 10.9 Å².